The minimum Gasteiger partial charge on any atom is -0.324 e. The standard InChI is InChI=1S/C12H15Cl2N/c1-3-8(2)7-11(15)9-5-4-6-10(13)12(9)14/h4-6,11H,2-3,7,15H2,1H3. The molecule has 1 aromatic rings. The van der Waals surface area contributed by atoms with Crippen LogP contribution in [0.25, 0.3) is 0 Å². The smallest absolute Gasteiger partial charge is 0.0640 e. The van der Waals surface area contributed by atoms with Crippen LogP contribution in [0, 0.1) is 0 Å². The Labute approximate surface area is 101 Å². The average molecular weight is 244 g/mol. The molecule has 0 heterocycles. The van der Waals surface area contributed by atoms with Crippen LogP contribution in [0.3, 0.4) is 0 Å². The van der Waals surface area contributed by atoms with E-state index in [-0.39, 0.29) is 6.04 Å². The fourth-order valence-corrected chi connectivity index (χ4v) is 1.82. The number of rotatable bonds is 4. The number of hydrogen-bond donors (Lipinski definition) is 1. The first kappa shape index (κ1) is 12.6. The molecule has 0 aliphatic carbocycles. The van der Waals surface area contributed by atoms with E-state index in [0.29, 0.717) is 10.0 Å². The van der Waals surface area contributed by atoms with E-state index in [1.807, 2.05) is 12.1 Å². The summed E-state index contributed by atoms with van der Waals surface area (Å²) in [5.41, 5.74) is 8.05. The Morgan fingerprint density at radius 3 is 2.73 bits per heavy atom. The molecule has 0 fully saturated rings. The van der Waals surface area contributed by atoms with Gasteiger partial charge in [-0.15, -0.1) is 0 Å². The molecule has 82 valence electrons. The topological polar surface area (TPSA) is 26.0 Å². The predicted molar refractivity (Wildman–Crippen MR) is 67.4 cm³/mol. The van der Waals surface area contributed by atoms with E-state index in [1.54, 1.807) is 6.07 Å². The molecule has 0 aromatic heterocycles. The normalized spacial score (nSPS) is 12.5. The highest BCUT2D eigenvalue weighted by Gasteiger charge is 2.12. The van der Waals surface area contributed by atoms with Gasteiger partial charge in [0, 0.05) is 6.04 Å². The molecule has 0 aliphatic heterocycles. The lowest BCUT2D eigenvalue weighted by atomic mass is 9.99. The van der Waals surface area contributed by atoms with Gasteiger partial charge < -0.3 is 5.73 Å². The highest BCUT2D eigenvalue weighted by molar-refractivity contribution is 6.42. The lowest BCUT2D eigenvalue weighted by Crippen LogP contribution is -2.11. The summed E-state index contributed by atoms with van der Waals surface area (Å²) < 4.78 is 0. The largest absolute Gasteiger partial charge is 0.324 e. The summed E-state index contributed by atoms with van der Waals surface area (Å²) in [7, 11) is 0. The van der Waals surface area contributed by atoms with E-state index in [2.05, 4.69) is 13.5 Å². The van der Waals surface area contributed by atoms with E-state index in [0.717, 1.165) is 24.0 Å². The molecule has 2 N–H and O–H groups in total. The van der Waals surface area contributed by atoms with Gasteiger partial charge in [-0.2, -0.15) is 0 Å². The first-order chi connectivity index (χ1) is 7.06. The van der Waals surface area contributed by atoms with E-state index in [1.165, 1.54) is 0 Å². The molecule has 0 radical (unpaired) electrons. The maximum absolute atomic E-state index is 6.07. The Morgan fingerprint density at radius 2 is 2.13 bits per heavy atom. The minimum absolute atomic E-state index is 0.122. The molecule has 0 amide bonds. The Morgan fingerprint density at radius 1 is 1.47 bits per heavy atom. The second-order valence-electron chi connectivity index (χ2n) is 3.56. The maximum Gasteiger partial charge on any atom is 0.0640 e. The summed E-state index contributed by atoms with van der Waals surface area (Å²) in [6.07, 6.45) is 1.68. The average Bonchev–Trinajstić information content (AvgIpc) is 2.21. The molecule has 0 spiro atoms. The number of halogens is 2. The molecule has 1 aromatic carbocycles. The van der Waals surface area contributed by atoms with E-state index < -0.39 is 0 Å². The first-order valence-electron chi connectivity index (χ1n) is 4.92. The minimum atomic E-state index is -0.122. The van der Waals surface area contributed by atoms with Crippen LogP contribution >= 0.6 is 23.2 Å². The highest BCUT2D eigenvalue weighted by Crippen LogP contribution is 2.31. The van der Waals surface area contributed by atoms with Gasteiger partial charge in [0.15, 0.2) is 0 Å². The molecule has 0 saturated heterocycles. The van der Waals surface area contributed by atoms with Gasteiger partial charge in [-0.05, 0) is 24.5 Å². The highest BCUT2D eigenvalue weighted by atomic mass is 35.5. The van der Waals surface area contributed by atoms with E-state index >= 15 is 0 Å². The molecular weight excluding hydrogens is 229 g/mol. The monoisotopic (exact) mass is 243 g/mol. The number of hydrogen-bond acceptors (Lipinski definition) is 1. The van der Waals surface area contributed by atoms with Crippen LogP contribution < -0.4 is 5.73 Å². The molecule has 1 atom stereocenters. The van der Waals surface area contributed by atoms with Gasteiger partial charge in [0.25, 0.3) is 0 Å². The Hall–Kier alpha value is -0.500. The third-order valence-electron chi connectivity index (χ3n) is 2.39. The Balaban J connectivity index is 2.86. The third kappa shape index (κ3) is 3.23. The van der Waals surface area contributed by atoms with Crippen molar-refractivity contribution in [3.05, 3.63) is 46.0 Å². The van der Waals surface area contributed by atoms with Gasteiger partial charge in [0.1, 0.15) is 0 Å². The second-order valence-corrected chi connectivity index (χ2v) is 4.34. The summed E-state index contributed by atoms with van der Waals surface area (Å²) in [6.45, 7) is 6.00. The second kappa shape index (κ2) is 5.55. The van der Waals surface area contributed by atoms with Crippen molar-refractivity contribution in [3.63, 3.8) is 0 Å². The van der Waals surface area contributed by atoms with Gasteiger partial charge in [-0.25, -0.2) is 0 Å². The zero-order valence-electron chi connectivity index (χ0n) is 8.76. The van der Waals surface area contributed by atoms with Crippen LogP contribution in [0.4, 0.5) is 0 Å². The van der Waals surface area contributed by atoms with Crippen molar-refractivity contribution in [1.82, 2.24) is 0 Å². The van der Waals surface area contributed by atoms with Crippen molar-refractivity contribution in [3.8, 4) is 0 Å². The summed E-state index contributed by atoms with van der Waals surface area (Å²) in [5, 5.41) is 1.10. The van der Waals surface area contributed by atoms with Crippen molar-refractivity contribution in [2.75, 3.05) is 0 Å². The van der Waals surface area contributed by atoms with Crippen molar-refractivity contribution >= 4 is 23.2 Å². The molecule has 0 aliphatic rings. The molecule has 15 heavy (non-hydrogen) atoms. The lowest BCUT2D eigenvalue weighted by molar-refractivity contribution is 0.701. The lowest BCUT2D eigenvalue weighted by Gasteiger charge is -2.15. The van der Waals surface area contributed by atoms with Crippen LogP contribution in [0.15, 0.2) is 30.4 Å². The van der Waals surface area contributed by atoms with Crippen molar-refractivity contribution in [1.29, 1.82) is 0 Å². The van der Waals surface area contributed by atoms with Crippen LogP contribution in [0.1, 0.15) is 31.4 Å². The predicted octanol–water partition coefficient (Wildman–Crippen LogP) is 4.35. The van der Waals surface area contributed by atoms with Crippen LogP contribution in [-0.2, 0) is 0 Å². The molecule has 0 saturated carbocycles. The van der Waals surface area contributed by atoms with Gasteiger partial charge in [-0.1, -0.05) is 54.4 Å². The van der Waals surface area contributed by atoms with Gasteiger partial charge >= 0.3 is 0 Å². The third-order valence-corrected chi connectivity index (χ3v) is 3.22. The summed E-state index contributed by atoms with van der Waals surface area (Å²) in [5.74, 6) is 0. The first-order valence-corrected chi connectivity index (χ1v) is 5.68. The summed E-state index contributed by atoms with van der Waals surface area (Å²) >= 11 is 12.0. The summed E-state index contributed by atoms with van der Waals surface area (Å²) in [6, 6.07) is 5.40. The van der Waals surface area contributed by atoms with Crippen molar-refractivity contribution in [2.45, 2.75) is 25.8 Å². The Bertz CT molecular complexity index is 361. The Kier molecular flexibility index (Phi) is 4.65. The SMILES string of the molecule is C=C(CC)CC(N)c1cccc(Cl)c1Cl. The number of benzene rings is 1. The zero-order valence-corrected chi connectivity index (χ0v) is 10.3. The van der Waals surface area contributed by atoms with Gasteiger partial charge in [-0.3, -0.25) is 0 Å². The van der Waals surface area contributed by atoms with Gasteiger partial charge in [0.2, 0.25) is 0 Å². The molecular formula is C12H15Cl2N. The quantitative estimate of drug-likeness (QED) is 0.783. The molecule has 1 rings (SSSR count). The zero-order chi connectivity index (χ0) is 11.4. The molecule has 1 unspecified atom stereocenters. The number of nitrogens with two attached hydrogens (primary N) is 1. The fraction of sp³-hybridized carbons (Fsp3) is 0.333. The van der Waals surface area contributed by atoms with Crippen LogP contribution in [0.2, 0.25) is 10.0 Å². The van der Waals surface area contributed by atoms with Crippen molar-refractivity contribution < 1.29 is 0 Å². The molecule has 0 bridgehead atoms. The van der Waals surface area contributed by atoms with E-state index in [4.69, 9.17) is 28.9 Å². The van der Waals surface area contributed by atoms with Crippen LogP contribution in [-0.4, -0.2) is 0 Å². The van der Waals surface area contributed by atoms with E-state index in [9.17, 15) is 0 Å². The maximum atomic E-state index is 6.07. The fourth-order valence-electron chi connectivity index (χ4n) is 1.37. The summed E-state index contributed by atoms with van der Waals surface area (Å²) in [4.78, 5) is 0. The van der Waals surface area contributed by atoms with Crippen molar-refractivity contribution in [2.24, 2.45) is 5.73 Å². The van der Waals surface area contributed by atoms with Gasteiger partial charge in [0.05, 0.1) is 10.0 Å². The van der Waals surface area contributed by atoms with Crippen LogP contribution in [0.5, 0.6) is 0 Å². The molecule has 1 nitrogen and oxygen atoms in total. The molecule has 3 heteroatoms.